The van der Waals surface area contributed by atoms with Gasteiger partial charge in [-0.3, -0.25) is 4.79 Å². The Kier molecular flexibility index (Phi) is 5.52. The number of benzene rings is 2. The summed E-state index contributed by atoms with van der Waals surface area (Å²) in [6.07, 6.45) is 0.719. The summed E-state index contributed by atoms with van der Waals surface area (Å²) in [6.45, 7) is 4.25. The topological polar surface area (TPSA) is 75.3 Å². The summed E-state index contributed by atoms with van der Waals surface area (Å²) in [5.41, 5.74) is 2.21. The average molecular weight is 332 g/mol. The van der Waals surface area contributed by atoms with Gasteiger partial charge in [-0.05, 0) is 49.7 Å². The molecule has 0 aliphatic heterocycles. The van der Waals surface area contributed by atoms with Crippen LogP contribution in [0.2, 0.25) is 0 Å². The summed E-state index contributed by atoms with van der Waals surface area (Å²) in [7, 11) is -3.51. The number of hydrogen-bond donors (Lipinski definition) is 2. The summed E-state index contributed by atoms with van der Waals surface area (Å²) < 4.78 is 26.5. The number of rotatable bonds is 6. The molecule has 0 aromatic heterocycles. The molecule has 2 N–H and O–H groups in total. The maximum atomic E-state index is 12.2. The van der Waals surface area contributed by atoms with Gasteiger partial charge in [-0.2, -0.15) is 0 Å². The van der Waals surface area contributed by atoms with E-state index < -0.39 is 10.0 Å². The molecule has 1 amide bonds. The minimum absolute atomic E-state index is 0.151. The van der Waals surface area contributed by atoms with Crippen LogP contribution in [0.3, 0.4) is 0 Å². The highest BCUT2D eigenvalue weighted by molar-refractivity contribution is 7.89. The Hall–Kier alpha value is -2.18. The van der Waals surface area contributed by atoms with Gasteiger partial charge >= 0.3 is 0 Å². The van der Waals surface area contributed by atoms with Gasteiger partial charge in [0.25, 0.3) is 5.91 Å². The maximum Gasteiger partial charge on any atom is 0.255 e. The number of nitrogens with one attached hydrogen (secondary N) is 2. The zero-order valence-corrected chi connectivity index (χ0v) is 14.0. The minimum atomic E-state index is -3.51. The van der Waals surface area contributed by atoms with Crippen LogP contribution in [0.1, 0.15) is 29.3 Å². The molecule has 0 fully saturated rings. The normalized spacial score (nSPS) is 11.2. The highest BCUT2D eigenvalue weighted by Gasteiger charge is 2.14. The largest absolute Gasteiger partial charge is 0.322 e. The Labute approximate surface area is 136 Å². The molecule has 2 rings (SSSR count). The van der Waals surface area contributed by atoms with Crippen molar-refractivity contribution in [3.63, 3.8) is 0 Å². The number of carbonyl (C=O) groups is 1. The molecule has 23 heavy (non-hydrogen) atoms. The molecule has 2 aromatic rings. The third kappa shape index (κ3) is 4.64. The molecule has 0 saturated heterocycles. The van der Waals surface area contributed by atoms with Crippen molar-refractivity contribution in [1.82, 2.24) is 4.72 Å². The number of amides is 1. The van der Waals surface area contributed by atoms with Gasteiger partial charge in [-0.25, -0.2) is 13.1 Å². The number of anilines is 1. The van der Waals surface area contributed by atoms with Crippen LogP contribution in [-0.2, 0) is 10.0 Å². The van der Waals surface area contributed by atoms with Crippen molar-refractivity contribution in [2.24, 2.45) is 0 Å². The molecule has 2 aromatic carbocycles. The van der Waals surface area contributed by atoms with Crippen LogP contribution in [0.5, 0.6) is 0 Å². The molecule has 0 heterocycles. The van der Waals surface area contributed by atoms with Crippen LogP contribution < -0.4 is 10.0 Å². The van der Waals surface area contributed by atoms with Crippen LogP contribution in [-0.4, -0.2) is 20.9 Å². The maximum absolute atomic E-state index is 12.2. The third-order valence-corrected chi connectivity index (χ3v) is 4.76. The summed E-state index contributed by atoms with van der Waals surface area (Å²) in [5.74, 6) is -0.278. The lowest BCUT2D eigenvalue weighted by molar-refractivity contribution is 0.102. The number of aryl methyl sites for hydroxylation is 1. The molecule has 0 radical (unpaired) electrons. The lowest BCUT2D eigenvalue weighted by Gasteiger charge is -2.08. The van der Waals surface area contributed by atoms with Gasteiger partial charge in [-0.1, -0.05) is 24.6 Å². The van der Waals surface area contributed by atoms with Crippen LogP contribution in [0.4, 0.5) is 5.69 Å². The Morgan fingerprint density at radius 3 is 2.17 bits per heavy atom. The molecule has 5 nitrogen and oxygen atoms in total. The molecule has 0 aliphatic carbocycles. The van der Waals surface area contributed by atoms with E-state index in [4.69, 9.17) is 0 Å². The first kappa shape index (κ1) is 17.2. The predicted molar refractivity (Wildman–Crippen MR) is 91.1 cm³/mol. The highest BCUT2D eigenvalue weighted by atomic mass is 32.2. The fourth-order valence-corrected chi connectivity index (χ4v) is 3.08. The van der Waals surface area contributed by atoms with Crippen molar-refractivity contribution < 1.29 is 13.2 Å². The van der Waals surface area contributed by atoms with Crippen molar-refractivity contribution in [1.29, 1.82) is 0 Å². The van der Waals surface area contributed by atoms with Crippen molar-refractivity contribution >= 4 is 21.6 Å². The zero-order chi connectivity index (χ0) is 16.9. The van der Waals surface area contributed by atoms with E-state index in [1.54, 1.807) is 0 Å². The van der Waals surface area contributed by atoms with Gasteiger partial charge in [0, 0.05) is 17.8 Å². The first-order valence-corrected chi connectivity index (χ1v) is 8.88. The SMILES string of the molecule is CCCNS(=O)(=O)c1ccc(C(=O)Nc2ccc(C)cc2)cc1. The monoisotopic (exact) mass is 332 g/mol. The molecule has 0 aliphatic rings. The van der Waals surface area contributed by atoms with E-state index in [0.717, 1.165) is 12.0 Å². The van der Waals surface area contributed by atoms with Crippen molar-refractivity contribution in [3.05, 3.63) is 59.7 Å². The van der Waals surface area contributed by atoms with Crippen molar-refractivity contribution in [2.75, 3.05) is 11.9 Å². The Bertz CT molecular complexity index is 766. The molecule has 6 heteroatoms. The van der Waals surface area contributed by atoms with Gasteiger partial charge in [0.05, 0.1) is 4.90 Å². The Morgan fingerprint density at radius 1 is 1.00 bits per heavy atom. The summed E-state index contributed by atoms with van der Waals surface area (Å²) in [5, 5.41) is 2.77. The number of sulfonamides is 1. The van der Waals surface area contributed by atoms with Gasteiger partial charge in [0.2, 0.25) is 10.0 Å². The second kappa shape index (κ2) is 7.39. The molecular formula is C17H20N2O3S. The molecule has 122 valence electrons. The lowest BCUT2D eigenvalue weighted by atomic mass is 10.2. The van der Waals surface area contributed by atoms with Crippen LogP contribution in [0.25, 0.3) is 0 Å². The molecule has 0 saturated carbocycles. The van der Waals surface area contributed by atoms with Gasteiger partial charge < -0.3 is 5.32 Å². The second-order valence-corrected chi connectivity index (χ2v) is 7.01. The average Bonchev–Trinajstić information content (AvgIpc) is 2.55. The minimum Gasteiger partial charge on any atom is -0.322 e. The molecule has 0 spiro atoms. The van der Waals surface area contributed by atoms with E-state index in [1.165, 1.54) is 24.3 Å². The van der Waals surface area contributed by atoms with E-state index >= 15 is 0 Å². The van der Waals surface area contributed by atoms with Gasteiger partial charge in [0.15, 0.2) is 0 Å². The Morgan fingerprint density at radius 2 is 1.61 bits per heavy atom. The molecule has 0 atom stereocenters. The van der Waals surface area contributed by atoms with E-state index in [9.17, 15) is 13.2 Å². The molecular weight excluding hydrogens is 312 g/mol. The first-order valence-electron chi connectivity index (χ1n) is 7.40. The second-order valence-electron chi connectivity index (χ2n) is 5.24. The van der Waals surface area contributed by atoms with Crippen LogP contribution in [0, 0.1) is 6.92 Å². The smallest absolute Gasteiger partial charge is 0.255 e. The summed E-state index contributed by atoms with van der Waals surface area (Å²) in [4.78, 5) is 12.3. The fourth-order valence-electron chi connectivity index (χ4n) is 1.95. The number of hydrogen-bond acceptors (Lipinski definition) is 3. The Balaban J connectivity index is 2.09. The predicted octanol–water partition coefficient (Wildman–Crippen LogP) is 2.94. The third-order valence-electron chi connectivity index (χ3n) is 3.28. The zero-order valence-electron chi connectivity index (χ0n) is 13.2. The molecule has 0 unspecified atom stereocenters. The van der Waals surface area contributed by atoms with Crippen LogP contribution >= 0.6 is 0 Å². The fraction of sp³-hybridized carbons (Fsp3) is 0.235. The van der Waals surface area contributed by atoms with Crippen LogP contribution in [0.15, 0.2) is 53.4 Å². The standard InChI is InChI=1S/C17H20N2O3S/c1-3-12-18-23(21,22)16-10-6-14(7-11-16)17(20)19-15-8-4-13(2)5-9-15/h4-11,18H,3,12H2,1-2H3,(H,19,20). The summed E-state index contributed by atoms with van der Waals surface area (Å²) in [6, 6.07) is 13.3. The van der Waals surface area contributed by atoms with Crippen molar-refractivity contribution in [3.8, 4) is 0 Å². The quantitative estimate of drug-likeness (QED) is 0.854. The van der Waals surface area contributed by atoms with E-state index in [-0.39, 0.29) is 10.8 Å². The van der Waals surface area contributed by atoms with E-state index in [0.29, 0.717) is 17.8 Å². The van der Waals surface area contributed by atoms with E-state index in [2.05, 4.69) is 10.0 Å². The van der Waals surface area contributed by atoms with E-state index in [1.807, 2.05) is 38.1 Å². The van der Waals surface area contributed by atoms with Crippen molar-refractivity contribution in [2.45, 2.75) is 25.2 Å². The van der Waals surface area contributed by atoms with Gasteiger partial charge in [0.1, 0.15) is 0 Å². The van der Waals surface area contributed by atoms with Gasteiger partial charge in [-0.15, -0.1) is 0 Å². The first-order chi connectivity index (χ1) is 10.9. The highest BCUT2D eigenvalue weighted by Crippen LogP contribution is 2.13. The molecule has 0 bridgehead atoms. The lowest BCUT2D eigenvalue weighted by Crippen LogP contribution is -2.24. The number of carbonyl (C=O) groups excluding carboxylic acids is 1. The summed E-state index contributed by atoms with van der Waals surface area (Å²) >= 11 is 0.